The van der Waals surface area contributed by atoms with E-state index in [0.29, 0.717) is 5.82 Å². The second kappa shape index (κ2) is 5.38. The van der Waals surface area contributed by atoms with Crippen molar-refractivity contribution >= 4 is 17.4 Å². The molecule has 1 aromatic carbocycles. The highest BCUT2D eigenvalue weighted by molar-refractivity contribution is 6.02. The molecule has 98 valence electrons. The monoisotopic (exact) mass is 264 g/mol. The quantitative estimate of drug-likeness (QED) is 0.890. The van der Waals surface area contributed by atoms with E-state index in [4.69, 9.17) is 0 Å². The first-order chi connectivity index (χ1) is 9.08. The summed E-state index contributed by atoms with van der Waals surface area (Å²) in [5, 5.41) is 5.07. The number of amides is 1. The van der Waals surface area contributed by atoms with Crippen molar-refractivity contribution in [2.75, 3.05) is 17.7 Å². The van der Waals surface area contributed by atoms with Crippen LogP contribution in [-0.4, -0.2) is 22.9 Å². The summed E-state index contributed by atoms with van der Waals surface area (Å²) in [5.41, 5.74) is 0.0516. The molecule has 0 aliphatic heterocycles. The molecule has 0 aliphatic carbocycles. The number of anilines is 2. The Kier molecular flexibility index (Phi) is 3.65. The van der Waals surface area contributed by atoms with Crippen molar-refractivity contribution in [3.8, 4) is 0 Å². The molecule has 7 heteroatoms. The predicted molar refractivity (Wildman–Crippen MR) is 65.9 cm³/mol. The van der Waals surface area contributed by atoms with Crippen LogP contribution in [0.25, 0.3) is 0 Å². The number of rotatable bonds is 3. The molecular formula is C12H10F2N4O. The largest absolute Gasteiger partial charge is 0.372 e. The van der Waals surface area contributed by atoms with Gasteiger partial charge in [0, 0.05) is 18.8 Å². The van der Waals surface area contributed by atoms with Crippen LogP contribution >= 0.6 is 0 Å². The molecule has 1 heterocycles. The summed E-state index contributed by atoms with van der Waals surface area (Å²) in [4.78, 5) is 19.6. The van der Waals surface area contributed by atoms with Crippen molar-refractivity contribution in [1.82, 2.24) is 9.97 Å². The van der Waals surface area contributed by atoms with Crippen LogP contribution in [0, 0.1) is 11.6 Å². The van der Waals surface area contributed by atoms with Crippen LogP contribution in [0.1, 0.15) is 10.5 Å². The first kappa shape index (κ1) is 12.9. The molecule has 5 nitrogen and oxygen atoms in total. The second-order valence-electron chi connectivity index (χ2n) is 3.65. The van der Waals surface area contributed by atoms with E-state index in [-0.39, 0.29) is 11.4 Å². The fourth-order valence-electron chi connectivity index (χ4n) is 1.42. The minimum absolute atomic E-state index is 0.0131. The molecular weight excluding hydrogens is 254 g/mol. The minimum Gasteiger partial charge on any atom is -0.372 e. The first-order valence-electron chi connectivity index (χ1n) is 5.36. The van der Waals surface area contributed by atoms with Crippen LogP contribution in [-0.2, 0) is 0 Å². The molecule has 2 N–H and O–H groups in total. The van der Waals surface area contributed by atoms with Gasteiger partial charge in [0.25, 0.3) is 5.91 Å². The van der Waals surface area contributed by atoms with Gasteiger partial charge in [0.1, 0.15) is 23.1 Å². The summed E-state index contributed by atoms with van der Waals surface area (Å²) in [6, 6.07) is 2.74. The number of hydrogen-bond acceptors (Lipinski definition) is 4. The van der Waals surface area contributed by atoms with Gasteiger partial charge in [-0.1, -0.05) is 0 Å². The molecule has 0 atom stereocenters. The Morgan fingerprint density at radius 3 is 2.47 bits per heavy atom. The van der Waals surface area contributed by atoms with Gasteiger partial charge in [-0.25, -0.2) is 13.8 Å². The molecule has 0 radical (unpaired) electrons. The lowest BCUT2D eigenvalue weighted by atomic mass is 10.3. The van der Waals surface area contributed by atoms with Crippen LogP contribution in [0.3, 0.4) is 0 Å². The Morgan fingerprint density at radius 2 is 1.84 bits per heavy atom. The highest BCUT2D eigenvalue weighted by Crippen LogP contribution is 2.14. The van der Waals surface area contributed by atoms with E-state index in [1.54, 1.807) is 7.05 Å². The number of hydrogen-bond donors (Lipinski definition) is 2. The fourth-order valence-corrected chi connectivity index (χ4v) is 1.42. The van der Waals surface area contributed by atoms with E-state index in [9.17, 15) is 13.6 Å². The zero-order chi connectivity index (χ0) is 13.8. The third kappa shape index (κ3) is 3.21. The fraction of sp³-hybridized carbons (Fsp3) is 0.0833. The van der Waals surface area contributed by atoms with E-state index in [1.807, 2.05) is 0 Å². The second-order valence-corrected chi connectivity index (χ2v) is 3.65. The van der Waals surface area contributed by atoms with E-state index >= 15 is 0 Å². The number of carbonyl (C=O) groups is 1. The normalized spacial score (nSPS) is 10.1. The molecule has 0 saturated carbocycles. The predicted octanol–water partition coefficient (Wildman–Crippen LogP) is 2.05. The standard InChI is InChI=1S/C12H10F2N4O/c1-15-11-6-16-5-10(18-11)12(19)17-9-3-7(13)2-8(14)4-9/h2-6H,1H3,(H,15,18)(H,17,19). The lowest BCUT2D eigenvalue weighted by molar-refractivity contribution is 0.102. The van der Waals surface area contributed by atoms with E-state index in [2.05, 4.69) is 20.6 Å². The smallest absolute Gasteiger partial charge is 0.275 e. The Bertz CT molecular complexity index is 598. The van der Waals surface area contributed by atoms with Gasteiger partial charge in [0.05, 0.1) is 12.4 Å². The van der Waals surface area contributed by atoms with Crippen LogP contribution in [0.4, 0.5) is 20.3 Å². The van der Waals surface area contributed by atoms with Crippen LogP contribution in [0.2, 0.25) is 0 Å². The highest BCUT2D eigenvalue weighted by atomic mass is 19.1. The molecule has 19 heavy (non-hydrogen) atoms. The van der Waals surface area contributed by atoms with Gasteiger partial charge in [0.2, 0.25) is 0 Å². The molecule has 0 aliphatic rings. The maximum atomic E-state index is 13.0. The number of carbonyl (C=O) groups excluding carboxylic acids is 1. The van der Waals surface area contributed by atoms with Gasteiger partial charge in [-0.2, -0.15) is 0 Å². The molecule has 1 aromatic heterocycles. The van der Waals surface area contributed by atoms with Crippen molar-refractivity contribution in [2.45, 2.75) is 0 Å². The molecule has 0 saturated heterocycles. The Labute approximate surface area is 107 Å². The molecule has 0 spiro atoms. The minimum atomic E-state index is -0.773. The van der Waals surface area contributed by atoms with E-state index in [1.165, 1.54) is 12.4 Å². The van der Waals surface area contributed by atoms with Crippen molar-refractivity contribution < 1.29 is 13.6 Å². The first-order valence-corrected chi connectivity index (χ1v) is 5.36. The maximum absolute atomic E-state index is 13.0. The third-order valence-corrected chi connectivity index (χ3v) is 2.24. The average Bonchev–Trinajstić information content (AvgIpc) is 2.37. The lowest BCUT2D eigenvalue weighted by Crippen LogP contribution is -2.15. The van der Waals surface area contributed by atoms with E-state index in [0.717, 1.165) is 18.2 Å². The van der Waals surface area contributed by atoms with Crippen molar-refractivity contribution in [2.24, 2.45) is 0 Å². The average molecular weight is 264 g/mol. The van der Waals surface area contributed by atoms with Crippen molar-refractivity contribution in [1.29, 1.82) is 0 Å². The van der Waals surface area contributed by atoms with Gasteiger partial charge in [0.15, 0.2) is 0 Å². The topological polar surface area (TPSA) is 66.9 Å². The summed E-state index contributed by atoms with van der Waals surface area (Å²) in [7, 11) is 1.63. The van der Waals surface area contributed by atoms with Gasteiger partial charge in [-0.3, -0.25) is 9.78 Å². The van der Waals surface area contributed by atoms with Gasteiger partial charge < -0.3 is 10.6 Å². The molecule has 1 amide bonds. The van der Waals surface area contributed by atoms with Crippen LogP contribution in [0.15, 0.2) is 30.6 Å². The number of halogens is 2. The zero-order valence-corrected chi connectivity index (χ0v) is 9.95. The van der Waals surface area contributed by atoms with Crippen molar-refractivity contribution in [3.63, 3.8) is 0 Å². The Hall–Kier alpha value is -2.57. The van der Waals surface area contributed by atoms with Crippen LogP contribution in [0.5, 0.6) is 0 Å². The number of benzene rings is 1. The molecule has 2 rings (SSSR count). The third-order valence-electron chi connectivity index (χ3n) is 2.24. The summed E-state index contributed by atoms with van der Waals surface area (Å²) in [5.74, 6) is -1.73. The van der Waals surface area contributed by atoms with Gasteiger partial charge in [-0.15, -0.1) is 0 Å². The molecule has 0 fully saturated rings. The molecule has 0 unspecified atom stereocenters. The SMILES string of the molecule is CNc1cncc(C(=O)Nc2cc(F)cc(F)c2)n1. The van der Waals surface area contributed by atoms with Crippen molar-refractivity contribution in [3.05, 3.63) is 47.9 Å². The highest BCUT2D eigenvalue weighted by Gasteiger charge is 2.10. The summed E-state index contributed by atoms with van der Waals surface area (Å²) < 4.78 is 25.9. The Balaban J connectivity index is 2.20. The zero-order valence-electron chi connectivity index (χ0n) is 9.95. The number of nitrogens with zero attached hydrogens (tertiary/aromatic N) is 2. The maximum Gasteiger partial charge on any atom is 0.275 e. The van der Waals surface area contributed by atoms with E-state index < -0.39 is 17.5 Å². The summed E-state index contributed by atoms with van der Waals surface area (Å²) in [6.07, 6.45) is 2.70. The number of aromatic nitrogens is 2. The molecule has 0 bridgehead atoms. The van der Waals surface area contributed by atoms with Crippen LogP contribution < -0.4 is 10.6 Å². The summed E-state index contributed by atoms with van der Waals surface area (Å²) >= 11 is 0. The summed E-state index contributed by atoms with van der Waals surface area (Å²) in [6.45, 7) is 0. The molecule has 2 aromatic rings. The van der Waals surface area contributed by atoms with Gasteiger partial charge in [-0.05, 0) is 12.1 Å². The van der Waals surface area contributed by atoms with Gasteiger partial charge >= 0.3 is 0 Å². The Morgan fingerprint density at radius 1 is 1.16 bits per heavy atom. The lowest BCUT2D eigenvalue weighted by Gasteiger charge is -2.06. The number of nitrogens with one attached hydrogen (secondary N) is 2.